The molecular formula is C14H21NO. The minimum absolute atomic E-state index is 0.286. The Morgan fingerprint density at radius 1 is 1.38 bits per heavy atom. The monoisotopic (exact) mass is 219 g/mol. The molecule has 2 heteroatoms. The van der Waals surface area contributed by atoms with Crippen molar-refractivity contribution in [3.05, 3.63) is 29.8 Å². The molecule has 2 rings (SSSR count). The molecule has 0 aliphatic carbocycles. The molecule has 0 saturated carbocycles. The lowest BCUT2D eigenvalue weighted by Gasteiger charge is -2.33. The van der Waals surface area contributed by atoms with Gasteiger partial charge < -0.3 is 10.1 Å². The summed E-state index contributed by atoms with van der Waals surface area (Å²) in [5.74, 6) is 1.61. The van der Waals surface area contributed by atoms with Crippen LogP contribution in [0.2, 0.25) is 0 Å². The molecule has 1 aliphatic rings. The first kappa shape index (κ1) is 11.5. The highest BCUT2D eigenvalue weighted by Crippen LogP contribution is 2.38. The molecule has 0 radical (unpaired) electrons. The molecule has 1 unspecified atom stereocenters. The molecule has 0 amide bonds. The zero-order chi connectivity index (χ0) is 11.6. The molecule has 0 aromatic heterocycles. The molecule has 2 nitrogen and oxygen atoms in total. The van der Waals surface area contributed by atoms with E-state index in [1.807, 2.05) is 6.07 Å². The van der Waals surface area contributed by atoms with Gasteiger partial charge in [-0.2, -0.15) is 0 Å². The van der Waals surface area contributed by atoms with E-state index in [0.29, 0.717) is 5.92 Å². The number of rotatable bonds is 3. The van der Waals surface area contributed by atoms with Crippen molar-refractivity contribution in [2.45, 2.75) is 25.7 Å². The second-order valence-electron chi connectivity index (χ2n) is 4.97. The maximum absolute atomic E-state index is 5.32. The van der Waals surface area contributed by atoms with E-state index in [9.17, 15) is 0 Å². The summed E-state index contributed by atoms with van der Waals surface area (Å²) in [5.41, 5.74) is 1.70. The number of nitrogens with one attached hydrogen (secondary N) is 1. The Balaban J connectivity index is 2.39. The maximum atomic E-state index is 5.32. The van der Waals surface area contributed by atoms with Crippen molar-refractivity contribution in [2.75, 3.05) is 20.2 Å². The third-order valence-electron chi connectivity index (χ3n) is 3.94. The summed E-state index contributed by atoms with van der Waals surface area (Å²) in [6.45, 7) is 6.83. The molecule has 16 heavy (non-hydrogen) atoms. The molecule has 1 heterocycles. The lowest BCUT2D eigenvalue weighted by atomic mass is 9.71. The van der Waals surface area contributed by atoms with E-state index >= 15 is 0 Å². The summed E-state index contributed by atoms with van der Waals surface area (Å²) in [6, 6.07) is 8.53. The van der Waals surface area contributed by atoms with Crippen LogP contribution in [0.4, 0.5) is 0 Å². The summed E-state index contributed by atoms with van der Waals surface area (Å²) in [5, 5.41) is 3.49. The first-order chi connectivity index (χ1) is 7.69. The Bertz CT molecular complexity index is 354. The van der Waals surface area contributed by atoms with Crippen molar-refractivity contribution >= 4 is 0 Å². The zero-order valence-electron chi connectivity index (χ0n) is 10.4. The van der Waals surface area contributed by atoms with Gasteiger partial charge in [-0.15, -0.1) is 0 Å². The number of benzene rings is 1. The van der Waals surface area contributed by atoms with Crippen molar-refractivity contribution in [3.63, 3.8) is 0 Å². The van der Waals surface area contributed by atoms with E-state index in [1.54, 1.807) is 7.11 Å². The fraction of sp³-hybridized carbons (Fsp3) is 0.571. The Labute approximate surface area is 98.0 Å². The summed E-state index contributed by atoms with van der Waals surface area (Å²) >= 11 is 0. The van der Waals surface area contributed by atoms with Crippen LogP contribution < -0.4 is 10.1 Å². The molecule has 1 saturated heterocycles. The first-order valence-electron chi connectivity index (χ1n) is 6.04. The average Bonchev–Trinajstić information content (AvgIpc) is 2.79. The number of ether oxygens (including phenoxy) is 1. The van der Waals surface area contributed by atoms with Gasteiger partial charge in [-0.3, -0.25) is 0 Å². The van der Waals surface area contributed by atoms with Crippen molar-refractivity contribution in [2.24, 2.45) is 5.92 Å². The molecule has 0 bridgehead atoms. The predicted molar refractivity (Wildman–Crippen MR) is 67.0 cm³/mol. The second-order valence-corrected chi connectivity index (χ2v) is 4.97. The summed E-state index contributed by atoms with van der Waals surface area (Å²) < 4.78 is 5.32. The van der Waals surface area contributed by atoms with Gasteiger partial charge >= 0.3 is 0 Å². The minimum Gasteiger partial charge on any atom is -0.497 e. The topological polar surface area (TPSA) is 21.3 Å². The summed E-state index contributed by atoms with van der Waals surface area (Å²) in [7, 11) is 1.73. The van der Waals surface area contributed by atoms with Gasteiger partial charge in [0, 0.05) is 12.0 Å². The van der Waals surface area contributed by atoms with Gasteiger partial charge in [-0.1, -0.05) is 26.0 Å². The molecule has 88 valence electrons. The highest BCUT2D eigenvalue weighted by atomic mass is 16.5. The van der Waals surface area contributed by atoms with Gasteiger partial charge in [0.2, 0.25) is 0 Å². The van der Waals surface area contributed by atoms with Crippen LogP contribution in [-0.2, 0) is 5.41 Å². The third kappa shape index (κ3) is 1.82. The molecule has 1 atom stereocenters. The van der Waals surface area contributed by atoms with Gasteiger partial charge in [0.15, 0.2) is 0 Å². The highest BCUT2D eigenvalue weighted by Gasteiger charge is 2.38. The van der Waals surface area contributed by atoms with E-state index in [4.69, 9.17) is 4.74 Å². The van der Waals surface area contributed by atoms with Crippen LogP contribution in [0.1, 0.15) is 25.8 Å². The van der Waals surface area contributed by atoms with Crippen molar-refractivity contribution in [1.82, 2.24) is 5.32 Å². The fourth-order valence-electron chi connectivity index (χ4n) is 2.72. The molecule has 1 aromatic rings. The SMILES string of the molecule is COc1cccc(C2(C(C)C)CCNC2)c1. The van der Waals surface area contributed by atoms with Crippen LogP contribution in [0.5, 0.6) is 5.75 Å². The standard InChI is InChI=1S/C14H21NO/c1-11(2)14(7-8-15-10-14)12-5-4-6-13(9-12)16-3/h4-6,9,11,15H,7-8,10H2,1-3H3. The van der Waals surface area contributed by atoms with E-state index in [1.165, 1.54) is 12.0 Å². The average molecular weight is 219 g/mol. The molecule has 1 fully saturated rings. The largest absolute Gasteiger partial charge is 0.497 e. The Hall–Kier alpha value is -1.02. The number of hydrogen-bond donors (Lipinski definition) is 1. The second kappa shape index (κ2) is 4.46. The minimum atomic E-state index is 0.286. The van der Waals surface area contributed by atoms with Crippen LogP contribution >= 0.6 is 0 Å². The lowest BCUT2D eigenvalue weighted by Crippen LogP contribution is -2.34. The molecule has 1 aliphatic heterocycles. The van der Waals surface area contributed by atoms with Gasteiger partial charge in [-0.05, 0) is 36.6 Å². The van der Waals surface area contributed by atoms with E-state index in [-0.39, 0.29) is 5.41 Å². The maximum Gasteiger partial charge on any atom is 0.119 e. The van der Waals surface area contributed by atoms with Gasteiger partial charge in [-0.25, -0.2) is 0 Å². The highest BCUT2D eigenvalue weighted by molar-refractivity contribution is 5.35. The smallest absolute Gasteiger partial charge is 0.119 e. The molecule has 1 N–H and O–H groups in total. The molecule has 1 aromatic carbocycles. The first-order valence-corrected chi connectivity index (χ1v) is 6.04. The number of hydrogen-bond acceptors (Lipinski definition) is 2. The van der Waals surface area contributed by atoms with Crippen molar-refractivity contribution in [1.29, 1.82) is 0 Å². The van der Waals surface area contributed by atoms with Crippen LogP contribution in [0.15, 0.2) is 24.3 Å². The van der Waals surface area contributed by atoms with Crippen LogP contribution in [-0.4, -0.2) is 20.2 Å². The third-order valence-corrected chi connectivity index (χ3v) is 3.94. The van der Waals surface area contributed by atoms with E-state index < -0.39 is 0 Å². The normalized spacial score (nSPS) is 25.0. The Morgan fingerprint density at radius 3 is 2.75 bits per heavy atom. The van der Waals surface area contributed by atoms with Crippen LogP contribution in [0.3, 0.4) is 0 Å². The predicted octanol–water partition coefficient (Wildman–Crippen LogP) is 2.58. The fourth-order valence-corrected chi connectivity index (χ4v) is 2.72. The van der Waals surface area contributed by atoms with E-state index in [0.717, 1.165) is 18.8 Å². The molecule has 0 spiro atoms. The van der Waals surface area contributed by atoms with Gasteiger partial charge in [0.05, 0.1) is 7.11 Å². The van der Waals surface area contributed by atoms with Crippen LogP contribution in [0, 0.1) is 5.92 Å². The molecular weight excluding hydrogens is 198 g/mol. The number of methoxy groups -OCH3 is 1. The van der Waals surface area contributed by atoms with E-state index in [2.05, 4.69) is 37.4 Å². The summed E-state index contributed by atoms with van der Waals surface area (Å²) in [6.07, 6.45) is 1.22. The summed E-state index contributed by atoms with van der Waals surface area (Å²) in [4.78, 5) is 0. The van der Waals surface area contributed by atoms with Crippen molar-refractivity contribution in [3.8, 4) is 5.75 Å². The quantitative estimate of drug-likeness (QED) is 0.843. The zero-order valence-corrected chi connectivity index (χ0v) is 10.4. The van der Waals surface area contributed by atoms with Gasteiger partial charge in [0.1, 0.15) is 5.75 Å². The lowest BCUT2D eigenvalue weighted by molar-refractivity contribution is 0.334. The van der Waals surface area contributed by atoms with Crippen LogP contribution in [0.25, 0.3) is 0 Å². The Kier molecular flexibility index (Phi) is 3.20. The Morgan fingerprint density at radius 2 is 2.19 bits per heavy atom. The van der Waals surface area contributed by atoms with Crippen molar-refractivity contribution < 1.29 is 4.74 Å². The van der Waals surface area contributed by atoms with Gasteiger partial charge in [0.25, 0.3) is 0 Å².